The maximum atomic E-state index is 14.0. The zero-order chi connectivity index (χ0) is 26.1. The molecule has 7 heteroatoms. The van der Waals surface area contributed by atoms with Gasteiger partial charge in [-0.25, -0.2) is 4.68 Å². The van der Waals surface area contributed by atoms with E-state index in [2.05, 4.69) is 5.10 Å². The molecule has 3 heterocycles. The molecule has 0 bridgehead atoms. The number of imide groups is 1. The van der Waals surface area contributed by atoms with Crippen LogP contribution >= 0.6 is 0 Å². The van der Waals surface area contributed by atoms with Gasteiger partial charge in [0.25, 0.3) is 11.6 Å². The molecule has 0 fully saturated rings. The number of hydrogen-bond acceptors (Lipinski definition) is 4. The Morgan fingerprint density at radius 1 is 0.892 bits per heavy atom. The van der Waals surface area contributed by atoms with Crippen LogP contribution in [0.15, 0.2) is 79.1 Å². The average Bonchev–Trinajstić information content (AvgIpc) is 3.32. The summed E-state index contributed by atoms with van der Waals surface area (Å²) in [5.41, 5.74) is 4.29. The number of aryl methyl sites for hydroxylation is 3. The normalized spacial score (nSPS) is 13.6. The molecule has 0 aliphatic carbocycles. The van der Waals surface area contributed by atoms with Gasteiger partial charge in [0.1, 0.15) is 5.57 Å². The third-order valence-corrected chi connectivity index (χ3v) is 6.38. The molecule has 186 valence electrons. The van der Waals surface area contributed by atoms with Crippen LogP contribution in [0.3, 0.4) is 0 Å². The summed E-state index contributed by atoms with van der Waals surface area (Å²) >= 11 is 0. The highest BCUT2D eigenvalue weighted by molar-refractivity contribution is 6.44. The number of aromatic nitrogens is 3. The number of hydrogen-bond donors (Lipinski definition) is 0. The van der Waals surface area contributed by atoms with Crippen molar-refractivity contribution in [2.24, 2.45) is 0 Å². The second-order valence-corrected chi connectivity index (χ2v) is 9.33. The van der Waals surface area contributed by atoms with Crippen LogP contribution in [0, 0.1) is 13.8 Å². The minimum Gasteiger partial charge on any atom is -0.858 e. The number of para-hydroxylation sites is 1. The van der Waals surface area contributed by atoms with Gasteiger partial charge in [0.05, 0.1) is 17.9 Å². The second-order valence-electron chi connectivity index (χ2n) is 9.33. The number of rotatable bonds is 7. The number of amides is 2. The van der Waals surface area contributed by atoms with Crippen LogP contribution in [0.5, 0.6) is 5.88 Å². The molecule has 2 aromatic heterocycles. The van der Waals surface area contributed by atoms with Crippen LogP contribution in [0.2, 0.25) is 0 Å². The molecule has 0 saturated heterocycles. The van der Waals surface area contributed by atoms with Crippen LogP contribution in [0.25, 0.3) is 17.0 Å². The van der Waals surface area contributed by atoms with Gasteiger partial charge in [-0.05, 0) is 49.9 Å². The number of nitrogens with zero attached hydrogens (tertiary/aromatic N) is 4. The van der Waals surface area contributed by atoms with Crippen molar-refractivity contribution < 1.29 is 19.3 Å². The standard InChI is InChI=1S/C30H28N4O3/c1-4-11-24-25(29(36)34(31-24)23-14-9-6-10-15-23)26-27(32-17-20(2)16-21(3)18-32)30(37)33(28(26)35)19-22-12-7-5-8-13-22/h5-10,12-18H,4,11,19H2,1-3H3. The molecule has 1 aliphatic rings. The van der Waals surface area contributed by atoms with E-state index < -0.39 is 17.7 Å². The summed E-state index contributed by atoms with van der Waals surface area (Å²) in [6, 6.07) is 20.5. The van der Waals surface area contributed by atoms with Crippen molar-refractivity contribution in [1.29, 1.82) is 0 Å². The molecule has 5 rings (SSSR count). The van der Waals surface area contributed by atoms with Gasteiger partial charge in [-0.15, -0.1) is 0 Å². The maximum Gasteiger partial charge on any atom is 0.327 e. The Morgan fingerprint density at radius 2 is 1.51 bits per heavy atom. The fourth-order valence-corrected chi connectivity index (χ4v) is 4.83. The molecular weight excluding hydrogens is 464 g/mol. The molecule has 0 radical (unpaired) electrons. The second kappa shape index (κ2) is 9.85. The van der Waals surface area contributed by atoms with Gasteiger partial charge in [-0.3, -0.25) is 14.5 Å². The van der Waals surface area contributed by atoms with E-state index in [-0.39, 0.29) is 23.4 Å². The molecular formula is C30H28N4O3. The SMILES string of the molecule is CCCc1nn(-c2ccccc2)c([O-])c1C1=C([n+]2cc(C)cc(C)c2)C(=O)N(Cc2ccccc2)C1=O. The zero-order valence-corrected chi connectivity index (χ0v) is 21.1. The molecule has 1 aliphatic heterocycles. The highest BCUT2D eigenvalue weighted by Crippen LogP contribution is 2.38. The Labute approximate surface area is 215 Å². The molecule has 0 unspecified atom stereocenters. The van der Waals surface area contributed by atoms with Crippen molar-refractivity contribution >= 4 is 23.1 Å². The van der Waals surface area contributed by atoms with Gasteiger partial charge < -0.3 is 5.11 Å². The number of carbonyl (C=O) groups excluding carboxylic acids is 2. The Morgan fingerprint density at radius 3 is 2.14 bits per heavy atom. The Kier molecular flexibility index (Phi) is 6.44. The Bertz CT molecular complexity index is 1500. The van der Waals surface area contributed by atoms with Gasteiger partial charge in [-0.2, -0.15) is 9.67 Å². The predicted molar refractivity (Wildman–Crippen MR) is 138 cm³/mol. The minimum atomic E-state index is -0.488. The largest absolute Gasteiger partial charge is 0.858 e. The van der Waals surface area contributed by atoms with Crippen molar-refractivity contribution in [1.82, 2.24) is 14.7 Å². The van der Waals surface area contributed by atoms with Crippen LogP contribution in [0.1, 0.15) is 41.3 Å². The summed E-state index contributed by atoms with van der Waals surface area (Å²) in [6.07, 6.45) is 4.85. The quantitative estimate of drug-likeness (QED) is 0.291. The first-order chi connectivity index (χ1) is 17.9. The van der Waals surface area contributed by atoms with Crippen LogP contribution in [0.4, 0.5) is 0 Å². The van der Waals surface area contributed by atoms with E-state index in [0.29, 0.717) is 17.8 Å². The van der Waals surface area contributed by atoms with Crippen LogP contribution in [-0.2, 0) is 22.6 Å². The fraction of sp³-hybridized carbons (Fsp3) is 0.200. The smallest absolute Gasteiger partial charge is 0.327 e. The summed E-state index contributed by atoms with van der Waals surface area (Å²) in [5, 5.41) is 18.5. The van der Waals surface area contributed by atoms with Crippen LogP contribution in [-0.4, -0.2) is 26.5 Å². The van der Waals surface area contributed by atoms with Gasteiger partial charge in [0.2, 0.25) is 0 Å². The summed E-state index contributed by atoms with van der Waals surface area (Å²) in [4.78, 5) is 29.1. The van der Waals surface area contributed by atoms with E-state index in [1.54, 1.807) is 16.7 Å². The lowest BCUT2D eigenvalue weighted by Gasteiger charge is -2.15. The topological polar surface area (TPSA) is 82.1 Å². The van der Waals surface area contributed by atoms with Gasteiger partial charge in [0, 0.05) is 16.7 Å². The van der Waals surface area contributed by atoms with Crippen molar-refractivity contribution in [3.8, 4) is 11.6 Å². The fourth-order valence-electron chi connectivity index (χ4n) is 4.83. The maximum absolute atomic E-state index is 14.0. The first-order valence-corrected chi connectivity index (χ1v) is 12.4. The molecule has 2 aromatic carbocycles. The monoisotopic (exact) mass is 492 g/mol. The number of pyridine rings is 1. The molecule has 0 saturated carbocycles. The first kappa shape index (κ1) is 24.2. The van der Waals surface area contributed by atoms with Crippen molar-refractivity contribution in [2.75, 3.05) is 0 Å². The Hall–Kier alpha value is -4.52. The predicted octanol–water partition coefficient (Wildman–Crippen LogP) is 3.74. The van der Waals surface area contributed by atoms with E-state index in [0.717, 1.165) is 23.1 Å². The molecule has 7 nitrogen and oxygen atoms in total. The van der Waals surface area contributed by atoms with E-state index >= 15 is 0 Å². The van der Waals surface area contributed by atoms with E-state index in [9.17, 15) is 14.7 Å². The third kappa shape index (κ3) is 4.44. The molecule has 0 spiro atoms. The van der Waals surface area contributed by atoms with Crippen molar-refractivity contribution in [3.05, 3.63) is 107 Å². The summed E-state index contributed by atoms with van der Waals surface area (Å²) in [6.45, 7) is 5.97. The van der Waals surface area contributed by atoms with Crippen LogP contribution < -0.4 is 9.67 Å². The lowest BCUT2D eigenvalue weighted by Crippen LogP contribution is -2.39. The summed E-state index contributed by atoms with van der Waals surface area (Å²) in [5.74, 6) is -1.33. The first-order valence-electron chi connectivity index (χ1n) is 12.4. The number of benzene rings is 2. The van der Waals surface area contributed by atoms with Gasteiger partial charge >= 0.3 is 5.91 Å². The number of carbonyl (C=O) groups is 2. The highest BCUT2D eigenvalue weighted by atomic mass is 16.3. The summed E-state index contributed by atoms with van der Waals surface area (Å²) in [7, 11) is 0. The zero-order valence-electron chi connectivity index (χ0n) is 21.1. The van der Waals surface area contributed by atoms with E-state index in [4.69, 9.17) is 0 Å². The Balaban J connectivity index is 1.74. The van der Waals surface area contributed by atoms with E-state index in [1.165, 1.54) is 9.58 Å². The lowest BCUT2D eigenvalue weighted by molar-refractivity contribution is -0.577. The van der Waals surface area contributed by atoms with Crippen molar-refractivity contribution in [3.63, 3.8) is 0 Å². The highest BCUT2D eigenvalue weighted by Gasteiger charge is 2.46. The van der Waals surface area contributed by atoms with Gasteiger partial charge in [-0.1, -0.05) is 61.9 Å². The molecule has 2 amide bonds. The van der Waals surface area contributed by atoms with E-state index in [1.807, 2.05) is 87.8 Å². The van der Waals surface area contributed by atoms with Crippen molar-refractivity contribution in [2.45, 2.75) is 40.2 Å². The minimum absolute atomic E-state index is 0.103. The lowest BCUT2D eigenvalue weighted by atomic mass is 10.0. The third-order valence-electron chi connectivity index (χ3n) is 6.38. The summed E-state index contributed by atoms with van der Waals surface area (Å²) < 4.78 is 3.01. The average molecular weight is 493 g/mol. The van der Waals surface area contributed by atoms with Gasteiger partial charge in [0.15, 0.2) is 12.4 Å². The molecule has 0 atom stereocenters. The molecule has 0 N–H and O–H groups in total. The molecule has 37 heavy (non-hydrogen) atoms. The molecule has 4 aromatic rings.